The Labute approximate surface area is 262 Å². The number of nitrogens with zero attached hydrogens (tertiary/aromatic N) is 3. The second kappa shape index (κ2) is 20.7. The Bertz CT molecular complexity index is 853. The van der Waals surface area contributed by atoms with Gasteiger partial charge in [-0.3, -0.25) is 37.5 Å². The van der Waals surface area contributed by atoms with Gasteiger partial charge in [-0.15, -0.1) is 0 Å². The van der Waals surface area contributed by atoms with Crippen molar-refractivity contribution in [3.63, 3.8) is 0 Å². The number of hydrogen-bond donors (Lipinski definition) is 10. The summed E-state index contributed by atoms with van der Waals surface area (Å²) in [5.74, 6) is 0. The van der Waals surface area contributed by atoms with E-state index in [1.54, 1.807) is 4.90 Å². The second-order valence-electron chi connectivity index (χ2n) is 9.77. The molecule has 0 aliphatic carbocycles. The molecule has 0 amide bonds. The maximum Gasteiger partial charge on any atom is 1.00 e. The molecule has 0 aliphatic rings. The van der Waals surface area contributed by atoms with Crippen LogP contribution in [0.15, 0.2) is 0 Å². The molecule has 0 spiro atoms. The Kier molecular flexibility index (Phi) is 22.6. The molecule has 0 saturated heterocycles. The molecular formula is C17H44N3NaO15P5+. The zero-order valence-electron chi connectivity index (χ0n) is 23.1. The largest absolute Gasteiger partial charge is 1.00 e. The van der Waals surface area contributed by atoms with Crippen LogP contribution in [0.1, 0.15) is 51.4 Å². The molecular weight excluding hydrogens is 664 g/mol. The van der Waals surface area contributed by atoms with Crippen molar-refractivity contribution in [2.45, 2.75) is 51.4 Å². The second-order valence-corrected chi connectivity index (χ2v) is 17.8. The predicted molar refractivity (Wildman–Crippen MR) is 146 cm³/mol. The third-order valence-electron chi connectivity index (χ3n) is 5.32. The van der Waals surface area contributed by atoms with Gasteiger partial charge in [0.05, 0.1) is 0 Å². The first-order chi connectivity index (χ1) is 17.9. The zero-order chi connectivity index (χ0) is 31.3. The summed E-state index contributed by atoms with van der Waals surface area (Å²) in [6.07, 6.45) is 0.664. The van der Waals surface area contributed by atoms with Gasteiger partial charge in [0.2, 0.25) is 0 Å². The van der Waals surface area contributed by atoms with E-state index in [0.717, 1.165) is 9.80 Å². The van der Waals surface area contributed by atoms with Crippen molar-refractivity contribution in [2.75, 3.05) is 57.6 Å². The van der Waals surface area contributed by atoms with Gasteiger partial charge in [0, 0.05) is 0 Å². The zero-order valence-corrected chi connectivity index (χ0v) is 29.6. The summed E-state index contributed by atoms with van der Waals surface area (Å²) in [6, 6.07) is 0. The van der Waals surface area contributed by atoms with E-state index < -0.39 is 69.4 Å². The van der Waals surface area contributed by atoms with E-state index in [2.05, 4.69) is 0 Å². The van der Waals surface area contributed by atoms with E-state index in [4.69, 9.17) is 39.1 Å². The Morgan fingerprint density at radius 1 is 0.317 bits per heavy atom. The standard InChI is InChI=1S/C17H44N3O15P5.Na/c21-36(22,23)13-18(9-5-1-3-7-11-19(14-37(24,25)26)15-38(27,28)29)10-6-2-4-8-12-20(16-39(30,31)32)17-40(33,34)35;/h1-17H2,(H2,21,22,23)(H2,24,25,26)(H2,27,28,29)(H2,30,31,32)(H2,33,34,35);/q;+1. The van der Waals surface area contributed by atoms with Gasteiger partial charge in [-0.05, 0) is 51.9 Å². The summed E-state index contributed by atoms with van der Waals surface area (Å²) in [4.78, 5) is 95.1. The minimum atomic E-state index is -4.51. The average molecular weight is 708 g/mol. The fourth-order valence-corrected chi connectivity index (χ4v) is 8.15. The molecule has 0 heterocycles. The third kappa shape index (κ3) is 32.8. The van der Waals surface area contributed by atoms with E-state index >= 15 is 0 Å². The molecule has 0 aromatic heterocycles. The first-order valence-corrected chi connectivity index (χ1v) is 21.3. The molecule has 0 saturated carbocycles. The monoisotopic (exact) mass is 708 g/mol. The molecule has 0 atom stereocenters. The van der Waals surface area contributed by atoms with E-state index in [1.165, 1.54) is 0 Å². The van der Waals surface area contributed by atoms with Crippen molar-refractivity contribution in [1.82, 2.24) is 14.7 Å². The van der Waals surface area contributed by atoms with Crippen LogP contribution in [-0.2, 0) is 22.8 Å². The summed E-state index contributed by atoms with van der Waals surface area (Å²) in [6.45, 7) is 0.834. The smallest absolute Gasteiger partial charge is 0.324 e. The van der Waals surface area contributed by atoms with E-state index in [0.29, 0.717) is 64.5 Å². The van der Waals surface area contributed by atoms with Crippen LogP contribution < -0.4 is 29.6 Å². The summed E-state index contributed by atoms with van der Waals surface area (Å²) in [5, 5.41) is 0. The molecule has 0 aromatic carbocycles. The molecule has 10 N–H and O–H groups in total. The topological polar surface area (TPSA) is 297 Å². The molecule has 24 heteroatoms. The first kappa shape index (κ1) is 44.8. The van der Waals surface area contributed by atoms with Gasteiger partial charge in [0.15, 0.2) is 0 Å². The molecule has 0 rings (SSSR count). The van der Waals surface area contributed by atoms with Crippen LogP contribution in [-0.4, -0.2) is 121 Å². The average Bonchev–Trinajstić information content (AvgIpc) is 2.66. The Balaban J connectivity index is 0. The SMILES string of the molecule is O=P(O)(O)CN(CCCCCCN(CP(=O)(O)O)CP(=O)(O)O)CCCCCCN(CP(=O)(O)O)CP(=O)(O)O.[Na+]. The van der Waals surface area contributed by atoms with Crippen LogP contribution in [0, 0.1) is 0 Å². The van der Waals surface area contributed by atoms with Gasteiger partial charge in [-0.2, -0.15) is 0 Å². The molecule has 0 aromatic rings. The Morgan fingerprint density at radius 3 is 0.683 bits per heavy atom. The summed E-state index contributed by atoms with van der Waals surface area (Å²) >= 11 is 0. The first-order valence-electron chi connectivity index (χ1n) is 12.3. The van der Waals surface area contributed by atoms with Gasteiger partial charge < -0.3 is 48.9 Å². The fourth-order valence-electron chi connectivity index (χ4n) is 3.98. The van der Waals surface area contributed by atoms with Gasteiger partial charge in [-0.25, -0.2) is 0 Å². The molecule has 0 aliphatic heterocycles. The van der Waals surface area contributed by atoms with Crippen LogP contribution in [0.2, 0.25) is 0 Å². The van der Waals surface area contributed by atoms with Crippen LogP contribution >= 0.6 is 38.0 Å². The molecule has 0 fully saturated rings. The van der Waals surface area contributed by atoms with E-state index in [1.807, 2.05) is 0 Å². The van der Waals surface area contributed by atoms with Crippen LogP contribution in [0.3, 0.4) is 0 Å². The maximum absolute atomic E-state index is 11.5. The van der Waals surface area contributed by atoms with E-state index in [-0.39, 0.29) is 42.6 Å². The van der Waals surface area contributed by atoms with Gasteiger partial charge >= 0.3 is 67.5 Å². The van der Waals surface area contributed by atoms with Crippen molar-refractivity contribution in [2.24, 2.45) is 0 Å². The molecule has 242 valence electrons. The minimum absolute atomic E-state index is 0. The number of hydrogen-bond acceptors (Lipinski definition) is 8. The van der Waals surface area contributed by atoms with Crippen LogP contribution in [0.5, 0.6) is 0 Å². The van der Waals surface area contributed by atoms with Crippen molar-refractivity contribution in [1.29, 1.82) is 0 Å². The van der Waals surface area contributed by atoms with Crippen molar-refractivity contribution >= 4 is 38.0 Å². The normalized spacial score (nSPS) is 13.8. The quantitative estimate of drug-likeness (QED) is 0.0286. The van der Waals surface area contributed by atoms with Crippen LogP contribution in [0.25, 0.3) is 0 Å². The Hall–Kier alpha value is 1.63. The summed E-state index contributed by atoms with van der Waals surface area (Å²) in [5.41, 5.74) is 0. The molecule has 0 unspecified atom stereocenters. The van der Waals surface area contributed by atoms with Crippen molar-refractivity contribution < 1.29 is 101 Å². The predicted octanol–water partition coefficient (Wildman–Crippen LogP) is -2.31. The van der Waals surface area contributed by atoms with Crippen molar-refractivity contribution in [3.8, 4) is 0 Å². The van der Waals surface area contributed by atoms with Crippen molar-refractivity contribution in [3.05, 3.63) is 0 Å². The summed E-state index contributed by atoms with van der Waals surface area (Å²) in [7, 11) is -22.4. The molecule has 0 bridgehead atoms. The number of unbranched alkanes of at least 4 members (excludes halogenated alkanes) is 6. The fraction of sp³-hybridized carbons (Fsp3) is 1.00. The van der Waals surface area contributed by atoms with Gasteiger partial charge in [0.25, 0.3) is 0 Å². The Morgan fingerprint density at radius 2 is 0.488 bits per heavy atom. The van der Waals surface area contributed by atoms with Crippen LogP contribution in [0.4, 0.5) is 0 Å². The molecule has 18 nitrogen and oxygen atoms in total. The van der Waals surface area contributed by atoms with E-state index in [9.17, 15) is 32.6 Å². The maximum atomic E-state index is 11.5. The van der Waals surface area contributed by atoms with Gasteiger partial charge in [0.1, 0.15) is 31.4 Å². The summed E-state index contributed by atoms with van der Waals surface area (Å²) < 4.78 is 56.3. The third-order valence-corrected chi connectivity index (χ3v) is 9.16. The molecule has 41 heavy (non-hydrogen) atoms. The molecule has 0 radical (unpaired) electrons. The number of rotatable bonds is 24. The minimum Gasteiger partial charge on any atom is -0.324 e. The van der Waals surface area contributed by atoms with Gasteiger partial charge in [-0.1, -0.05) is 25.7 Å².